The van der Waals surface area contributed by atoms with Crippen molar-refractivity contribution in [3.05, 3.63) is 0 Å². The van der Waals surface area contributed by atoms with Crippen LogP contribution in [0.25, 0.3) is 0 Å². The van der Waals surface area contributed by atoms with E-state index in [2.05, 4.69) is 5.32 Å². The summed E-state index contributed by atoms with van der Waals surface area (Å²) in [4.78, 5) is 0. The van der Waals surface area contributed by atoms with E-state index in [1.165, 1.54) is 0 Å². The highest BCUT2D eigenvalue weighted by Gasteiger charge is 2.16. The average Bonchev–Trinajstić information content (AvgIpc) is 2.14. The van der Waals surface area contributed by atoms with Gasteiger partial charge in [0.1, 0.15) is 0 Å². The van der Waals surface area contributed by atoms with Crippen LogP contribution < -0.4 is 5.32 Å². The van der Waals surface area contributed by atoms with Crippen LogP contribution in [0.15, 0.2) is 0 Å². The van der Waals surface area contributed by atoms with Gasteiger partial charge in [0.2, 0.25) is 0 Å². The lowest BCUT2D eigenvalue weighted by Crippen LogP contribution is -2.33. The Labute approximate surface area is 93.0 Å². The molecule has 0 bridgehead atoms. The number of unbranched alkanes of at least 4 members (excludes halogenated alkanes) is 1. The molecule has 0 aromatic carbocycles. The zero-order valence-corrected chi connectivity index (χ0v) is 10.5. The Morgan fingerprint density at radius 1 is 1.27 bits per heavy atom. The Hall–Kier alpha value is -0.130. The molecular formula is C10H23NO3S. The van der Waals surface area contributed by atoms with E-state index in [0.717, 1.165) is 19.4 Å². The highest BCUT2D eigenvalue weighted by atomic mass is 32.2. The fourth-order valence-corrected chi connectivity index (χ4v) is 2.84. The minimum atomic E-state index is -3.07. The number of hydrogen-bond donors (Lipinski definition) is 2. The van der Waals surface area contributed by atoms with Crippen LogP contribution in [-0.2, 0) is 9.84 Å². The second-order valence-corrected chi connectivity index (χ2v) is 6.05. The Morgan fingerprint density at radius 3 is 2.47 bits per heavy atom. The molecule has 0 fully saturated rings. The molecule has 0 spiro atoms. The molecule has 0 amide bonds. The highest BCUT2D eigenvalue weighted by Crippen LogP contribution is 1.99. The van der Waals surface area contributed by atoms with Crippen LogP contribution in [0.1, 0.15) is 33.1 Å². The summed E-state index contributed by atoms with van der Waals surface area (Å²) in [6, 6.07) is 0. The number of rotatable bonds is 9. The van der Waals surface area contributed by atoms with Gasteiger partial charge in [-0.2, -0.15) is 0 Å². The van der Waals surface area contributed by atoms with E-state index in [9.17, 15) is 13.5 Å². The summed E-state index contributed by atoms with van der Waals surface area (Å²) in [7, 11) is -3.07. The van der Waals surface area contributed by atoms with Crippen molar-refractivity contribution >= 4 is 9.84 Å². The molecule has 0 heterocycles. The second-order valence-electron chi connectivity index (χ2n) is 3.83. The van der Waals surface area contributed by atoms with Crippen LogP contribution in [0.4, 0.5) is 0 Å². The fraction of sp³-hybridized carbons (Fsp3) is 1.00. The first-order valence-corrected chi connectivity index (χ1v) is 7.43. The third-order valence-electron chi connectivity index (χ3n) is 2.06. The van der Waals surface area contributed by atoms with Crippen molar-refractivity contribution in [3.8, 4) is 0 Å². The molecular weight excluding hydrogens is 214 g/mol. The van der Waals surface area contributed by atoms with Gasteiger partial charge < -0.3 is 10.4 Å². The normalized spacial score (nSPS) is 14.1. The average molecular weight is 237 g/mol. The maximum atomic E-state index is 11.4. The van der Waals surface area contributed by atoms with Crippen LogP contribution in [0.5, 0.6) is 0 Å². The number of sulfone groups is 1. The Bertz CT molecular complexity index is 239. The minimum Gasteiger partial charge on any atom is -0.391 e. The van der Waals surface area contributed by atoms with Crippen LogP contribution in [0.2, 0.25) is 0 Å². The van der Waals surface area contributed by atoms with E-state index < -0.39 is 15.9 Å². The van der Waals surface area contributed by atoms with E-state index in [1.54, 1.807) is 0 Å². The van der Waals surface area contributed by atoms with Gasteiger partial charge in [-0.15, -0.1) is 0 Å². The molecule has 0 aromatic heterocycles. The van der Waals surface area contributed by atoms with Gasteiger partial charge in [0, 0.05) is 6.54 Å². The third kappa shape index (κ3) is 8.84. The number of nitrogens with one attached hydrogen (secondary N) is 1. The van der Waals surface area contributed by atoms with Crippen LogP contribution in [-0.4, -0.2) is 44.2 Å². The standard InChI is InChI=1S/C10H23NO3S/c1-3-5-7-15(13,14)9-10(12)8-11-6-4-2/h10-12H,3-9H2,1-2H3. The van der Waals surface area contributed by atoms with Gasteiger partial charge in [-0.3, -0.25) is 0 Å². The summed E-state index contributed by atoms with van der Waals surface area (Å²) in [6.07, 6.45) is 1.74. The molecule has 0 aliphatic rings. The molecule has 2 N–H and O–H groups in total. The molecule has 0 radical (unpaired) electrons. The summed E-state index contributed by atoms with van der Waals surface area (Å²) in [5.41, 5.74) is 0. The molecule has 4 nitrogen and oxygen atoms in total. The predicted molar refractivity (Wildman–Crippen MR) is 62.7 cm³/mol. The summed E-state index contributed by atoms with van der Waals surface area (Å²) in [5.74, 6) is 0.0675. The molecule has 5 heteroatoms. The number of hydrogen-bond acceptors (Lipinski definition) is 4. The number of aliphatic hydroxyl groups is 1. The smallest absolute Gasteiger partial charge is 0.152 e. The first-order chi connectivity index (χ1) is 7.02. The summed E-state index contributed by atoms with van der Waals surface area (Å²) in [5, 5.41) is 12.5. The van der Waals surface area contributed by atoms with Crippen LogP contribution in [0, 0.1) is 0 Å². The van der Waals surface area contributed by atoms with E-state index in [1.807, 2.05) is 13.8 Å². The highest BCUT2D eigenvalue weighted by molar-refractivity contribution is 7.91. The summed E-state index contributed by atoms with van der Waals surface area (Å²) < 4.78 is 22.9. The van der Waals surface area contributed by atoms with Gasteiger partial charge in [0.05, 0.1) is 17.6 Å². The van der Waals surface area contributed by atoms with Gasteiger partial charge in [0.15, 0.2) is 9.84 Å². The second kappa shape index (κ2) is 8.07. The zero-order chi connectivity index (χ0) is 11.7. The maximum Gasteiger partial charge on any atom is 0.152 e. The van der Waals surface area contributed by atoms with Gasteiger partial charge in [-0.05, 0) is 19.4 Å². The number of aliphatic hydroxyl groups excluding tert-OH is 1. The predicted octanol–water partition coefficient (Wildman–Crippen LogP) is 0.562. The van der Waals surface area contributed by atoms with Crippen molar-refractivity contribution < 1.29 is 13.5 Å². The SMILES string of the molecule is CCCCS(=O)(=O)CC(O)CNCCC. The minimum absolute atomic E-state index is 0.121. The summed E-state index contributed by atoms with van der Waals surface area (Å²) >= 11 is 0. The topological polar surface area (TPSA) is 66.4 Å². The molecule has 92 valence electrons. The Morgan fingerprint density at radius 2 is 1.93 bits per heavy atom. The molecule has 0 saturated heterocycles. The molecule has 1 unspecified atom stereocenters. The van der Waals surface area contributed by atoms with E-state index in [-0.39, 0.29) is 11.5 Å². The summed E-state index contributed by atoms with van der Waals surface area (Å²) in [6.45, 7) is 5.15. The Kier molecular flexibility index (Phi) is 8.00. The first-order valence-electron chi connectivity index (χ1n) is 5.61. The van der Waals surface area contributed by atoms with Crippen molar-refractivity contribution in [2.75, 3.05) is 24.6 Å². The van der Waals surface area contributed by atoms with Crippen LogP contribution in [0.3, 0.4) is 0 Å². The molecule has 15 heavy (non-hydrogen) atoms. The zero-order valence-electron chi connectivity index (χ0n) is 9.70. The Balaban J connectivity index is 3.78. The van der Waals surface area contributed by atoms with Gasteiger partial charge >= 0.3 is 0 Å². The lowest BCUT2D eigenvalue weighted by molar-refractivity contribution is 0.194. The lowest BCUT2D eigenvalue weighted by Gasteiger charge is -2.11. The molecule has 0 aromatic rings. The fourth-order valence-electron chi connectivity index (χ4n) is 1.25. The largest absolute Gasteiger partial charge is 0.391 e. The van der Waals surface area contributed by atoms with Crippen molar-refractivity contribution in [2.24, 2.45) is 0 Å². The quantitative estimate of drug-likeness (QED) is 0.575. The molecule has 0 saturated carbocycles. The van der Waals surface area contributed by atoms with Gasteiger partial charge in [-0.1, -0.05) is 20.3 Å². The van der Waals surface area contributed by atoms with Gasteiger partial charge in [-0.25, -0.2) is 8.42 Å². The lowest BCUT2D eigenvalue weighted by atomic mass is 10.4. The van der Waals surface area contributed by atoms with Crippen molar-refractivity contribution in [1.29, 1.82) is 0 Å². The van der Waals surface area contributed by atoms with E-state index in [4.69, 9.17) is 0 Å². The van der Waals surface area contributed by atoms with Crippen molar-refractivity contribution in [1.82, 2.24) is 5.32 Å². The van der Waals surface area contributed by atoms with Crippen molar-refractivity contribution in [3.63, 3.8) is 0 Å². The first kappa shape index (κ1) is 14.9. The molecule has 1 atom stereocenters. The van der Waals surface area contributed by atoms with Crippen LogP contribution >= 0.6 is 0 Å². The molecule has 0 aliphatic heterocycles. The van der Waals surface area contributed by atoms with E-state index in [0.29, 0.717) is 13.0 Å². The maximum absolute atomic E-state index is 11.4. The molecule has 0 rings (SSSR count). The third-order valence-corrected chi connectivity index (χ3v) is 3.87. The van der Waals surface area contributed by atoms with E-state index >= 15 is 0 Å². The monoisotopic (exact) mass is 237 g/mol. The van der Waals surface area contributed by atoms with Gasteiger partial charge in [0.25, 0.3) is 0 Å². The molecule has 0 aliphatic carbocycles. The van der Waals surface area contributed by atoms with Crippen molar-refractivity contribution in [2.45, 2.75) is 39.2 Å².